The molecule has 0 spiro atoms. The average molecular weight is 434 g/mol. The van der Waals surface area contributed by atoms with Crippen molar-refractivity contribution in [1.82, 2.24) is 13.9 Å². The van der Waals surface area contributed by atoms with Crippen molar-refractivity contribution in [2.45, 2.75) is 79.7 Å². The van der Waals surface area contributed by atoms with Crippen molar-refractivity contribution in [3.8, 4) is 0 Å². The number of likely N-dealkylation sites (N-methyl/N-ethyl adjacent to an activating group) is 1. The van der Waals surface area contributed by atoms with E-state index in [-0.39, 0.29) is 19.8 Å². The van der Waals surface area contributed by atoms with Gasteiger partial charge >= 0.3 is 0 Å². The Morgan fingerprint density at radius 3 is 2.36 bits per heavy atom. The molecule has 1 aromatic heterocycles. The number of thioether (sulfide) groups is 1. The molecular formula is C22H44FN3S2. The Hall–Kier alpha value is -0.720. The predicted molar refractivity (Wildman–Crippen MR) is 132 cm³/mol. The number of hydrogen-bond donors (Lipinski definition) is 0. The third-order valence-corrected chi connectivity index (χ3v) is 4.90. The normalized spacial score (nSPS) is 12.6. The Labute approximate surface area is 183 Å². The smallest absolute Gasteiger partial charge is 0.171 e. The molecule has 28 heavy (non-hydrogen) atoms. The molecule has 0 saturated carbocycles. The summed E-state index contributed by atoms with van der Waals surface area (Å²) in [6.45, 7) is 17.4. The lowest BCUT2D eigenvalue weighted by atomic mass is 10.1. The molecule has 0 N–H and O–H groups in total. The topological polar surface area (TPSA) is 21.1 Å². The van der Waals surface area contributed by atoms with Gasteiger partial charge in [0, 0.05) is 13.1 Å². The zero-order valence-electron chi connectivity index (χ0n) is 18.4. The first-order chi connectivity index (χ1) is 13.2. The van der Waals surface area contributed by atoms with E-state index in [1.807, 2.05) is 34.6 Å². The van der Waals surface area contributed by atoms with E-state index in [4.69, 9.17) is 0 Å². The Bertz CT molecular complexity index is 502. The molecule has 2 rings (SSSR count). The molecule has 166 valence electrons. The highest BCUT2D eigenvalue weighted by Crippen LogP contribution is 2.32. The molecule has 1 aliphatic rings. The maximum Gasteiger partial charge on any atom is 0.171 e. The minimum atomic E-state index is 0. The van der Waals surface area contributed by atoms with Crippen LogP contribution in [0.1, 0.15) is 80.3 Å². The van der Waals surface area contributed by atoms with E-state index < -0.39 is 0 Å². The van der Waals surface area contributed by atoms with E-state index in [1.165, 1.54) is 24.8 Å². The zero-order chi connectivity index (χ0) is 21.1. The van der Waals surface area contributed by atoms with Gasteiger partial charge in [-0.3, -0.25) is 0 Å². The summed E-state index contributed by atoms with van der Waals surface area (Å²) in [4.78, 5) is 6.66. The average Bonchev–Trinajstić information content (AvgIpc) is 3.12. The van der Waals surface area contributed by atoms with Gasteiger partial charge in [0.2, 0.25) is 0 Å². The Morgan fingerprint density at radius 1 is 1.25 bits per heavy atom. The maximum absolute atomic E-state index is 13.1. The van der Waals surface area contributed by atoms with Crippen LogP contribution in [0.25, 0.3) is 5.57 Å². The fourth-order valence-corrected chi connectivity index (χ4v) is 3.78. The summed E-state index contributed by atoms with van der Waals surface area (Å²) >= 11 is 1.98. The van der Waals surface area contributed by atoms with Crippen molar-refractivity contribution in [3.05, 3.63) is 30.8 Å². The van der Waals surface area contributed by atoms with Crippen molar-refractivity contribution >= 4 is 29.7 Å². The van der Waals surface area contributed by atoms with E-state index in [0.29, 0.717) is 0 Å². The maximum atomic E-state index is 13.1. The summed E-state index contributed by atoms with van der Waals surface area (Å²) < 4.78 is 14.6. The van der Waals surface area contributed by atoms with Crippen LogP contribution in [0.2, 0.25) is 0 Å². The van der Waals surface area contributed by atoms with Crippen LogP contribution in [0.15, 0.2) is 30.1 Å². The monoisotopic (exact) mass is 433 g/mol. The number of aromatic nitrogens is 2. The Kier molecular flexibility index (Phi) is 25.8. The molecule has 0 radical (unpaired) electrons. The van der Waals surface area contributed by atoms with Crippen molar-refractivity contribution in [2.24, 2.45) is 0 Å². The number of nitrogens with zero attached hydrogens (tertiary/aromatic N) is 3. The van der Waals surface area contributed by atoms with Crippen LogP contribution in [0.4, 0.5) is 3.89 Å². The van der Waals surface area contributed by atoms with E-state index in [9.17, 15) is 3.89 Å². The summed E-state index contributed by atoms with van der Waals surface area (Å²) in [7, 11) is 2.10. The third kappa shape index (κ3) is 12.7. The van der Waals surface area contributed by atoms with E-state index in [0.717, 1.165) is 36.0 Å². The van der Waals surface area contributed by atoms with Gasteiger partial charge in [0.05, 0.1) is 5.69 Å². The molecule has 0 saturated heterocycles. The largest absolute Gasteiger partial charge is 0.302 e. The first kappa shape index (κ1) is 32.0. The van der Waals surface area contributed by atoms with E-state index in [1.54, 1.807) is 28.1 Å². The van der Waals surface area contributed by atoms with Crippen molar-refractivity contribution in [3.63, 3.8) is 0 Å². The quantitative estimate of drug-likeness (QED) is 0.245. The highest BCUT2D eigenvalue weighted by atomic mass is 32.2. The van der Waals surface area contributed by atoms with Crippen LogP contribution in [0, 0.1) is 0 Å². The highest BCUT2D eigenvalue weighted by Gasteiger charge is 2.19. The molecule has 0 amide bonds. The molecule has 2 heterocycles. The zero-order valence-corrected chi connectivity index (χ0v) is 20.1. The number of imidazole rings is 1. The molecule has 0 unspecified atom stereocenters. The SMILES string of the molecule is C.C=CC.CC.CC.CCCCCSc1ncn(SF)c1C1=CCCN(C)C1. The van der Waals surface area contributed by atoms with Gasteiger partial charge in [0.15, 0.2) is 12.3 Å². The highest BCUT2D eigenvalue weighted by molar-refractivity contribution is 7.99. The van der Waals surface area contributed by atoms with Crippen LogP contribution >= 0.6 is 24.1 Å². The number of rotatable bonds is 7. The number of hydrogen-bond acceptors (Lipinski definition) is 4. The summed E-state index contributed by atoms with van der Waals surface area (Å²) in [6.07, 6.45) is 10.2. The summed E-state index contributed by atoms with van der Waals surface area (Å²) in [5.74, 6) is 1.05. The van der Waals surface area contributed by atoms with Crippen molar-refractivity contribution in [2.75, 3.05) is 25.9 Å². The van der Waals surface area contributed by atoms with E-state index in [2.05, 4.69) is 36.5 Å². The van der Waals surface area contributed by atoms with Crippen LogP contribution in [0.3, 0.4) is 0 Å². The van der Waals surface area contributed by atoms with Gasteiger partial charge in [0.1, 0.15) is 11.4 Å². The van der Waals surface area contributed by atoms with Crippen molar-refractivity contribution < 1.29 is 3.89 Å². The summed E-state index contributed by atoms with van der Waals surface area (Å²) in [6, 6.07) is 0. The molecule has 0 aliphatic carbocycles. The number of unbranched alkanes of at least 4 members (excludes halogenated alkanes) is 2. The van der Waals surface area contributed by atoms with Gasteiger partial charge in [-0.25, -0.2) is 8.96 Å². The summed E-state index contributed by atoms with van der Waals surface area (Å²) in [5.41, 5.74) is 2.14. The lowest BCUT2D eigenvalue weighted by Crippen LogP contribution is -2.25. The van der Waals surface area contributed by atoms with Crippen LogP contribution in [0.5, 0.6) is 0 Å². The van der Waals surface area contributed by atoms with E-state index >= 15 is 0 Å². The molecule has 3 nitrogen and oxygen atoms in total. The van der Waals surface area contributed by atoms with Gasteiger partial charge in [-0.15, -0.1) is 22.2 Å². The molecular weight excluding hydrogens is 389 g/mol. The van der Waals surface area contributed by atoms with Gasteiger partial charge in [0.25, 0.3) is 0 Å². The van der Waals surface area contributed by atoms with Gasteiger partial charge in [-0.2, -0.15) is 0 Å². The molecule has 0 fully saturated rings. The second kappa shape index (κ2) is 22.6. The minimum absolute atomic E-state index is 0. The minimum Gasteiger partial charge on any atom is -0.302 e. The molecule has 6 heteroatoms. The standard InChI is InChI=1S/C14H22FN3S2.C3H6.2C2H6.CH4/c1-3-4-5-9-19-14-13(18(20-15)11-16-14)12-7-6-8-17(2)10-12;1-3-2;2*1-2;/h7,11H,3-6,8-10H2,1-2H3;3H,1H2,2H3;2*1-2H3;1H4. The van der Waals surface area contributed by atoms with Crippen LogP contribution < -0.4 is 0 Å². The molecule has 1 aliphatic heterocycles. The van der Waals surface area contributed by atoms with Gasteiger partial charge in [-0.1, -0.05) is 67.0 Å². The number of allylic oxidation sites excluding steroid dienone is 1. The summed E-state index contributed by atoms with van der Waals surface area (Å²) in [5, 5.41) is 0.966. The predicted octanol–water partition coefficient (Wildman–Crippen LogP) is 8.15. The molecule has 1 aromatic rings. The molecule has 0 atom stereocenters. The number of halogens is 1. The fourth-order valence-electron chi connectivity index (χ4n) is 2.34. The molecule has 0 bridgehead atoms. The van der Waals surface area contributed by atoms with Crippen LogP contribution in [-0.2, 0) is 0 Å². The Balaban J connectivity index is -0.000000695. The van der Waals surface area contributed by atoms with Crippen LogP contribution in [-0.4, -0.2) is 39.7 Å². The lowest BCUT2D eigenvalue weighted by molar-refractivity contribution is 0.372. The fraction of sp³-hybridized carbons (Fsp3) is 0.682. The Morgan fingerprint density at radius 2 is 1.86 bits per heavy atom. The third-order valence-electron chi connectivity index (χ3n) is 3.41. The van der Waals surface area contributed by atoms with Gasteiger partial charge < -0.3 is 4.90 Å². The second-order valence-corrected chi connectivity index (χ2v) is 7.13. The first-order valence-electron chi connectivity index (χ1n) is 10.1. The second-order valence-electron chi connectivity index (χ2n) is 5.51. The van der Waals surface area contributed by atoms with Crippen molar-refractivity contribution in [1.29, 1.82) is 0 Å². The lowest BCUT2D eigenvalue weighted by Gasteiger charge is -2.23. The first-order valence-corrected chi connectivity index (χ1v) is 11.8. The van der Waals surface area contributed by atoms with Gasteiger partial charge in [-0.05, 0) is 38.1 Å². The molecule has 0 aromatic carbocycles.